The van der Waals surface area contributed by atoms with Gasteiger partial charge in [-0.2, -0.15) is 0 Å². The first-order chi connectivity index (χ1) is 6.85. The maximum Gasteiger partial charge on any atom is 0.119 e. The van der Waals surface area contributed by atoms with Crippen molar-refractivity contribution in [2.45, 2.75) is 6.92 Å². The van der Waals surface area contributed by atoms with Gasteiger partial charge in [0.05, 0.1) is 12.8 Å². The summed E-state index contributed by atoms with van der Waals surface area (Å²) in [5.74, 6) is 0.885. The Morgan fingerprint density at radius 1 is 1.43 bits per heavy atom. The van der Waals surface area contributed by atoms with Crippen molar-refractivity contribution >= 4 is 16.6 Å². The topological polar surface area (TPSA) is 37.0 Å². The summed E-state index contributed by atoms with van der Waals surface area (Å²) in [5, 5.41) is 4.47. The van der Waals surface area contributed by atoms with Crippen LogP contribution in [0, 0.1) is 0 Å². The highest BCUT2D eigenvalue weighted by molar-refractivity contribution is 5.93. The molecule has 0 fully saturated rings. The first-order valence-electron chi connectivity index (χ1n) is 4.74. The molecular weight excluding hydrogens is 176 g/mol. The predicted octanol–water partition coefficient (Wildman–Crippen LogP) is 2.61. The molecule has 0 saturated carbocycles. The lowest BCUT2D eigenvalue weighted by molar-refractivity contribution is 0.415. The summed E-state index contributed by atoms with van der Waals surface area (Å²) >= 11 is 0. The van der Waals surface area contributed by atoms with Gasteiger partial charge in [0.2, 0.25) is 0 Å². The first kappa shape index (κ1) is 8.94. The van der Waals surface area contributed by atoms with Crippen LogP contribution in [0.5, 0.6) is 5.75 Å². The van der Waals surface area contributed by atoms with E-state index in [4.69, 9.17) is 4.74 Å². The van der Waals surface area contributed by atoms with Crippen LogP contribution in [0.3, 0.4) is 0 Å². The number of benzene rings is 1. The standard InChI is InChI=1S/C11H14N2O/c1-3-12-11-7-13-10-5-4-8(14-2)6-9(10)11/h4-7,12-13H,3H2,1-2H3. The lowest BCUT2D eigenvalue weighted by Crippen LogP contribution is -1.94. The van der Waals surface area contributed by atoms with Gasteiger partial charge in [-0.25, -0.2) is 0 Å². The number of methoxy groups -OCH3 is 1. The summed E-state index contributed by atoms with van der Waals surface area (Å²) in [6.07, 6.45) is 1.98. The molecule has 0 bridgehead atoms. The number of hydrogen-bond donors (Lipinski definition) is 2. The van der Waals surface area contributed by atoms with E-state index in [-0.39, 0.29) is 0 Å². The van der Waals surface area contributed by atoms with Crippen molar-refractivity contribution in [3.8, 4) is 5.75 Å². The fourth-order valence-corrected chi connectivity index (χ4v) is 1.56. The van der Waals surface area contributed by atoms with Gasteiger partial charge in [0.1, 0.15) is 5.75 Å². The Hall–Kier alpha value is -1.64. The lowest BCUT2D eigenvalue weighted by atomic mass is 10.2. The van der Waals surface area contributed by atoms with Crippen LogP contribution in [0.1, 0.15) is 6.92 Å². The molecule has 0 atom stereocenters. The molecule has 2 rings (SSSR count). The van der Waals surface area contributed by atoms with Crippen LogP contribution >= 0.6 is 0 Å². The summed E-state index contributed by atoms with van der Waals surface area (Å²) in [6.45, 7) is 3.00. The molecule has 3 heteroatoms. The Labute approximate surface area is 83.1 Å². The molecule has 0 spiro atoms. The first-order valence-corrected chi connectivity index (χ1v) is 4.74. The van der Waals surface area contributed by atoms with Gasteiger partial charge in [0.25, 0.3) is 0 Å². The van der Waals surface area contributed by atoms with Crippen molar-refractivity contribution in [1.82, 2.24) is 4.98 Å². The van der Waals surface area contributed by atoms with Gasteiger partial charge in [-0.3, -0.25) is 0 Å². The SMILES string of the molecule is CCNc1c[nH]c2ccc(OC)cc12. The molecule has 74 valence electrons. The third-order valence-corrected chi connectivity index (χ3v) is 2.26. The Morgan fingerprint density at radius 3 is 3.00 bits per heavy atom. The van der Waals surface area contributed by atoms with Crippen LogP contribution < -0.4 is 10.1 Å². The summed E-state index contributed by atoms with van der Waals surface area (Å²) in [6, 6.07) is 6.01. The van der Waals surface area contributed by atoms with Crippen molar-refractivity contribution < 1.29 is 4.74 Å². The minimum absolute atomic E-state index is 0.885. The van der Waals surface area contributed by atoms with Crippen LogP contribution in [-0.2, 0) is 0 Å². The van der Waals surface area contributed by atoms with E-state index in [1.165, 1.54) is 5.39 Å². The molecule has 2 aromatic rings. The highest BCUT2D eigenvalue weighted by Crippen LogP contribution is 2.26. The van der Waals surface area contributed by atoms with E-state index in [2.05, 4.69) is 17.2 Å². The Balaban J connectivity index is 2.52. The van der Waals surface area contributed by atoms with Crippen LogP contribution in [0.15, 0.2) is 24.4 Å². The normalized spacial score (nSPS) is 10.4. The van der Waals surface area contributed by atoms with Crippen molar-refractivity contribution in [1.29, 1.82) is 0 Å². The number of H-pyrrole nitrogens is 1. The van der Waals surface area contributed by atoms with Crippen molar-refractivity contribution in [2.75, 3.05) is 19.0 Å². The zero-order valence-corrected chi connectivity index (χ0v) is 8.42. The van der Waals surface area contributed by atoms with E-state index in [9.17, 15) is 0 Å². The molecule has 2 N–H and O–H groups in total. The van der Waals surface area contributed by atoms with Gasteiger partial charge in [-0.1, -0.05) is 0 Å². The number of ether oxygens (including phenoxy) is 1. The second-order valence-corrected chi connectivity index (χ2v) is 3.14. The van der Waals surface area contributed by atoms with E-state index in [0.29, 0.717) is 0 Å². The smallest absolute Gasteiger partial charge is 0.119 e. The van der Waals surface area contributed by atoms with Gasteiger partial charge in [0, 0.05) is 23.6 Å². The lowest BCUT2D eigenvalue weighted by Gasteiger charge is -2.02. The molecule has 0 aliphatic carbocycles. The fourth-order valence-electron chi connectivity index (χ4n) is 1.56. The van der Waals surface area contributed by atoms with Gasteiger partial charge < -0.3 is 15.0 Å². The van der Waals surface area contributed by atoms with Crippen LogP contribution in [0.2, 0.25) is 0 Å². The third-order valence-electron chi connectivity index (χ3n) is 2.26. The van der Waals surface area contributed by atoms with E-state index < -0.39 is 0 Å². The highest BCUT2D eigenvalue weighted by Gasteiger charge is 2.03. The maximum absolute atomic E-state index is 5.18. The summed E-state index contributed by atoms with van der Waals surface area (Å²) in [7, 11) is 1.68. The predicted molar refractivity (Wildman–Crippen MR) is 59.0 cm³/mol. The van der Waals surface area contributed by atoms with Gasteiger partial charge in [-0.05, 0) is 25.1 Å². The van der Waals surface area contributed by atoms with Crippen LogP contribution in [0.25, 0.3) is 10.9 Å². The fraction of sp³-hybridized carbons (Fsp3) is 0.273. The zero-order chi connectivity index (χ0) is 9.97. The van der Waals surface area contributed by atoms with Gasteiger partial charge in [0.15, 0.2) is 0 Å². The van der Waals surface area contributed by atoms with E-state index in [1.54, 1.807) is 7.11 Å². The molecule has 3 nitrogen and oxygen atoms in total. The zero-order valence-electron chi connectivity index (χ0n) is 8.42. The van der Waals surface area contributed by atoms with Crippen LogP contribution in [0.4, 0.5) is 5.69 Å². The molecule has 0 aliphatic rings. The molecule has 0 radical (unpaired) electrons. The summed E-state index contributed by atoms with van der Waals surface area (Å²) in [4.78, 5) is 3.21. The molecule has 0 aliphatic heterocycles. The minimum Gasteiger partial charge on any atom is -0.497 e. The largest absolute Gasteiger partial charge is 0.497 e. The number of nitrogens with one attached hydrogen (secondary N) is 2. The second-order valence-electron chi connectivity index (χ2n) is 3.14. The molecule has 0 unspecified atom stereocenters. The van der Waals surface area contributed by atoms with E-state index in [0.717, 1.165) is 23.5 Å². The molecule has 0 amide bonds. The van der Waals surface area contributed by atoms with Gasteiger partial charge in [-0.15, -0.1) is 0 Å². The quantitative estimate of drug-likeness (QED) is 0.780. The average molecular weight is 190 g/mol. The molecule has 0 saturated heterocycles. The number of aromatic amines is 1. The molecule has 1 aromatic carbocycles. The number of aromatic nitrogens is 1. The van der Waals surface area contributed by atoms with E-state index >= 15 is 0 Å². The number of anilines is 1. The maximum atomic E-state index is 5.18. The second kappa shape index (κ2) is 3.62. The van der Waals surface area contributed by atoms with Gasteiger partial charge >= 0.3 is 0 Å². The number of rotatable bonds is 3. The number of fused-ring (bicyclic) bond motifs is 1. The average Bonchev–Trinajstić information content (AvgIpc) is 2.61. The molecular formula is C11H14N2O. The summed E-state index contributed by atoms with van der Waals surface area (Å²) < 4.78 is 5.18. The Kier molecular flexibility index (Phi) is 2.31. The van der Waals surface area contributed by atoms with Crippen molar-refractivity contribution in [2.24, 2.45) is 0 Å². The van der Waals surface area contributed by atoms with Crippen molar-refractivity contribution in [3.63, 3.8) is 0 Å². The summed E-state index contributed by atoms with van der Waals surface area (Å²) in [5.41, 5.74) is 2.25. The Morgan fingerprint density at radius 2 is 2.29 bits per heavy atom. The van der Waals surface area contributed by atoms with Crippen molar-refractivity contribution in [3.05, 3.63) is 24.4 Å². The monoisotopic (exact) mass is 190 g/mol. The number of hydrogen-bond acceptors (Lipinski definition) is 2. The van der Waals surface area contributed by atoms with E-state index in [1.807, 2.05) is 24.4 Å². The van der Waals surface area contributed by atoms with Crippen LogP contribution in [-0.4, -0.2) is 18.6 Å². The highest BCUT2D eigenvalue weighted by atomic mass is 16.5. The Bertz CT molecular complexity index is 434. The molecule has 1 aromatic heterocycles. The molecule has 1 heterocycles. The third kappa shape index (κ3) is 1.41. The molecule has 14 heavy (non-hydrogen) atoms. The minimum atomic E-state index is 0.885.